The number of thiophene rings is 1. The highest BCUT2D eigenvalue weighted by Gasteiger charge is 2.25. The van der Waals surface area contributed by atoms with E-state index in [4.69, 9.17) is 4.74 Å². The molecule has 2 rings (SSSR count). The Bertz CT molecular complexity index is 818. The third-order valence-corrected chi connectivity index (χ3v) is 4.84. The molecule has 2 amide bonds. The van der Waals surface area contributed by atoms with Crippen LogP contribution < -0.4 is 16.0 Å². The number of quaternary nitrogens is 1. The fourth-order valence-corrected chi connectivity index (χ4v) is 3.68. The minimum Gasteiger partial charge on any atom is -0.462 e. The zero-order chi connectivity index (χ0) is 19.8. The molecule has 2 aromatic rings. The van der Waals surface area contributed by atoms with Crippen molar-refractivity contribution in [3.63, 3.8) is 0 Å². The van der Waals surface area contributed by atoms with Crippen molar-refractivity contribution < 1.29 is 24.4 Å². The number of hydrogen-bond acceptors (Lipinski definition) is 5. The second-order valence-corrected chi connectivity index (χ2v) is 6.97. The van der Waals surface area contributed by atoms with E-state index in [1.807, 2.05) is 37.3 Å². The van der Waals surface area contributed by atoms with E-state index in [1.165, 1.54) is 11.3 Å². The van der Waals surface area contributed by atoms with Gasteiger partial charge in [0.2, 0.25) is 0 Å². The number of amides is 2. The van der Waals surface area contributed by atoms with Gasteiger partial charge in [-0.05, 0) is 19.4 Å². The van der Waals surface area contributed by atoms with Crippen LogP contribution in [0.25, 0.3) is 11.1 Å². The Kier molecular flexibility index (Phi) is 7.51. The molecular weight excluding hydrogens is 366 g/mol. The summed E-state index contributed by atoms with van der Waals surface area (Å²) in [5.74, 6) is -0.913. The summed E-state index contributed by atoms with van der Waals surface area (Å²) < 4.78 is 5.21. The molecule has 0 unspecified atom stereocenters. The zero-order valence-corrected chi connectivity index (χ0v) is 16.4. The largest absolute Gasteiger partial charge is 0.462 e. The van der Waals surface area contributed by atoms with Crippen LogP contribution in [-0.2, 0) is 14.3 Å². The molecule has 0 atom stereocenters. The lowest BCUT2D eigenvalue weighted by Crippen LogP contribution is -2.88. The van der Waals surface area contributed by atoms with Gasteiger partial charge in [0.1, 0.15) is 10.6 Å². The van der Waals surface area contributed by atoms with E-state index < -0.39 is 5.97 Å². The predicted molar refractivity (Wildman–Crippen MR) is 105 cm³/mol. The van der Waals surface area contributed by atoms with Crippen molar-refractivity contribution in [2.24, 2.45) is 0 Å². The number of esters is 1. The maximum absolute atomic E-state index is 12.6. The Morgan fingerprint density at radius 1 is 1.11 bits per heavy atom. The number of nitrogens with one attached hydrogen (secondary N) is 2. The van der Waals surface area contributed by atoms with E-state index in [2.05, 4.69) is 10.6 Å². The predicted octanol–water partition coefficient (Wildman–Crippen LogP) is 1.15. The molecule has 0 aliphatic carbocycles. The first-order valence-electron chi connectivity index (χ1n) is 8.65. The van der Waals surface area contributed by atoms with E-state index in [0.29, 0.717) is 10.6 Å². The van der Waals surface area contributed by atoms with Crippen LogP contribution in [0.3, 0.4) is 0 Å². The van der Waals surface area contributed by atoms with Crippen LogP contribution in [0.5, 0.6) is 0 Å². The molecule has 1 aromatic heterocycles. The van der Waals surface area contributed by atoms with Gasteiger partial charge in [-0.2, -0.15) is 0 Å². The first-order valence-corrected chi connectivity index (χ1v) is 9.47. The number of anilines is 1. The van der Waals surface area contributed by atoms with Crippen LogP contribution in [-0.4, -0.2) is 44.5 Å². The van der Waals surface area contributed by atoms with Crippen molar-refractivity contribution >= 4 is 34.1 Å². The quantitative estimate of drug-likeness (QED) is 0.589. The number of likely N-dealkylation sites (N-methyl/N-ethyl adjacent to an activating group) is 1. The fourth-order valence-electron chi connectivity index (χ4n) is 2.60. The molecule has 0 radical (unpaired) electrons. The molecule has 4 N–H and O–H groups in total. The number of benzene rings is 1. The van der Waals surface area contributed by atoms with Gasteiger partial charge >= 0.3 is 5.97 Å². The smallest absolute Gasteiger partial charge is 0.341 e. The Labute approximate surface area is 162 Å². The highest BCUT2D eigenvalue weighted by atomic mass is 32.1. The number of carbonyl (C=O) groups excluding carboxylic acids is 3. The lowest BCUT2D eigenvalue weighted by atomic mass is 10.0. The maximum Gasteiger partial charge on any atom is 0.341 e. The minimum absolute atomic E-state index is 0.0767. The molecule has 0 spiro atoms. The summed E-state index contributed by atoms with van der Waals surface area (Å²) in [6.45, 7) is 4.13. The molecule has 0 fully saturated rings. The van der Waals surface area contributed by atoms with E-state index in [0.717, 1.165) is 16.0 Å². The molecule has 0 aliphatic rings. The molecule has 1 heterocycles. The van der Waals surface area contributed by atoms with Crippen LogP contribution in [0.4, 0.5) is 5.00 Å². The molecule has 7 nitrogen and oxygen atoms in total. The third kappa shape index (κ3) is 5.38. The third-order valence-electron chi connectivity index (χ3n) is 3.82. The molecule has 0 saturated carbocycles. The van der Waals surface area contributed by atoms with Gasteiger partial charge in [0.05, 0.1) is 6.61 Å². The summed E-state index contributed by atoms with van der Waals surface area (Å²) in [5.41, 5.74) is 2.02. The van der Waals surface area contributed by atoms with E-state index in [-0.39, 0.29) is 31.5 Å². The van der Waals surface area contributed by atoms with Gasteiger partial charge in [-0.3, -0.25) is 9.59 Å². The molecule has 144 valence electrons. The van der Waals surface area contributed by atoms with Gasteiger partial charge in [0.25, 0.3) is 11.8 Å². The highest BCUT2D eigenvalue weighted by molar-refractivity contribution is 7.17. The summed E-state index contributed by atoms with van der Waals surface area (Å²) in [7, 11) is 1.54. The monoisotopic (exact) mass is 390 g/mol. The number of carbonyl (C=O) groups is 3. The number of rotatable bonds is 8. The van der Waals surface area contributed by atoms with Crippen molar-refractivity contribution in [2.45, 2.75) is 13.8 Å². The van der Waals surface area contributed by atoms with Gasteiger partial charge in [0.15, 0.2) is 13.1 Å². The second-order valence-electron chi connectivity index (χ2n) is 5.74. The average Bonchev–Trinajstić information content (AvgIpc) is 2.98. The average molecular weight is 390 g/mol. The van der Waals surface area contributed by atoms with Gasteiger partial charge in [-0.15, -0.1) is 11.3 Å². The summed E-state index contributed by atoms with van der Waals surface area (Å²) in [5, 5.41) is 7.34. The van der Waals surface area contributed by atoms with Crippen molar-refractivity contribution in [3.8, 4) is 11.1 Å². The Morgan fingerprint density at radius 3 is 2.41 bits per heavy atom. The minimum atomic E-state index is -0.467. The number of nitrogens with two attached hydrogens (primary N) is 1. The number of ether oxygens (including phenoxy) is 1. The van der Waals surface area contributed by atoms with E-state index in [9.17, 15) is 14.4 Å². The summed E-state index contributed by atoms with van der Waals surface area (Å²) in [6, 6.07) is 9.53. The van der Waals surface area contributed by atoms with Crippen LogP contribution in [0.1, 0.15) is 22.2 Å². The maximum atomic E-state index is 12.6. The molecular formula is C19H24N3O4S+. The highest BCUT2D eigenvalue weighted by Crippen LogP contribution is 2.40. The van der Waals surface area contributed by atoms with Gasteiger partial charge < -0.3 is 20.7 Å². The van der Waals surface area contributed by atoms with Crippen molar-refractivity contribution in [1.29, 1.82) is 0 Å². The van der Waals surface area contributed by atoms with Crippen LogP contribution >= 0.6 is 11.3 Å². The molecule has 27 heavy (non-hydrogen) atoms. The van der Waals surface area contributed by atoms with Crippen LogP contribution in [0.2, 0.25) is 0 Å². The summed E-state index contributed by atoms with van der Waals surface area (Å²) in [4.78, 5) is 37.0. The second kappa shape index (κ2) is 9.84. The Morgan fingerprint density at radius 2 is 1.78 bits per heavy atom. The molecule has 0 bridgehead atoms. The van der Waals surface area contributed by atoms with E-state index >= 15 is 0 Å². The topological polar surface area (TPSA) is 101 Å². The number of hydrogen-bond donors (Lipinski definition) is 3. The standard InChI is InChI=1S/C19H23N3O4S/c1-4-26-19(25)17-16(13-8-6-5-7-9-13)12(2)27-18(17)22-15(24)11-21-10-14(23)20-3/h5-9,21H,4,10-11H2,1-3H3,(H,20,23)(H,22,24)/p+1. The first kappa shape index (κ1) is 20.6. The Hall–Kier alpha value is -2.71. The molecule has 0 saturated heterocycles. The Balaban J connectivity index is 2.27. The summed E-state index contributed by atoms with van der Waals surface area (Å²) in [6.07, 6.45) is 0. The lowest BCUT2D eigenvalue weighted by molar-refractivity contribution is -0.632. The van der Waals surface area contributed by atoms with Crippen molar-refractivity contribution in [2.75, 3.05) is 32.1 Å². The van der Waals surface area contributed by atoms with Crippen molar-refractivity contribution in [1.82, 2.24) is 5.32 Å². The first-order chi connectivity index (χ1) is 13.0. The SMILES string of the molecule is CCOC(=O)c1c(NC(=O)C[NH2+]CC(=O)NC)sc(C)c1-c1ccccc1. The molecule has 1 aromatic carbocycles. The zero-order valence-electron chi connectivity index (χ0n) is 15.6. The summed E-state index contributed by atoms with van der Waals surface area (Å²) >= 11 is 1.34. The fraction of sp³-hybridized carbons (Fsp3) is 0.316. The number of aryl methyl sites for hydroxylation is 1. The van der Waals surface area contributed by atoms with Gasteiger partial charge in [-0.25, -0.2) is 4.79 Å². The van der Waals surface area contributed by atoms with E-state index in [1.54, 1.807) is 19.3 Å². The van der Waals surface area contributed by atoms with Crippen LogP contribution in [0, 0.1) is 6.92 Å². The van der Waals surface area contributed by atoms with Crippen molar-refractivity contribution in [3.05, 3.63) is 40.8 Å². The van der Waals surface area contributed by atoms with Crippen LogP contribution in [0.15, 0.2) is 30.3 Å². The molecule has 0 aliphatic heterocycles. The molecule has 8 heteroatoms. The van der Waals surface area contributed by atoms with Gasteiger partial charge in [-0.1, -0.05) is 30.3 Å². The van der Waals surface area contributed by atoms with Gasteiger partial charge in [0, 0.05) is 17.5 Å². The normalized spacial score (nSPS) is 10.3. The lowest BCUT2D eigenvalue weighted by Gasteiger charge is -2.09.